The summed E-state index contributed by atoms with van der Waals surface area (Å²) in [6, 6.07) is 10.8. The largest absolute Gasteiger partial charge is 0.493 e. The van der Waals surface area contributed by atoms with Crippen LogP contribution >= 0.6 is 0 Å². The lowest BCUT2D eigenvalue weighted by Gasteiger charge is -2.12. The molecule has 2 aromatic carbocycles. The molecule has 19 heavy (non-hydrogen) atoms. The van der Waals surface area contributed by atoms with Crippen molar-refractivity contribution in [1.29, 1.82) is 0 Å². The highest BCUT2D eigenvalue weighted by Crippen LogP contribution is 2.33. The Balaban J connectivity index is 2.32. The van der Waals surface area contributed by atoms with Gasteiger partial charge in [0, 0.05) is 11.8 Å². The molecule has 0 unspecified atom stereocenters. The molecule has 0 bridgehead atoms. The Morgan fingerprint density at radius 1 is 1.11 bits per heavy atom. The first kappa shape index (κ1) is 13.2. The van der Waals surface area contributed by atoms with Crippen LogP contribution in [0, 0.1) is 6.92 Å². The molecule has 0 aliphatic heterocycles. The zero-order valence-electron chi connectivity index (χ0n) is 11.0. The van der Waals surface area contributed by atoms with E-state index in [0.717, 1.165) is 11.1 Å². The van der Waals surface area contributed by atoms with Crippen molar-refractivity contribution in [2.24, 2.45) is 0 Å². The molecule has 0 fully saturated rings. The third kappa shape index (κ3) is 3.17. The van der Waals surface area contributed by atoms with Crippen molar-refractivity contribution >= 4 is 5.69 Å². The molecule has 0 aromatic heterocycles. The van der Waals surface area contributed by atoms with Crippen LogP contribution in [0.2, 0.25) is 0 Å². The van der Waals surface area contributed by atoms with E-state index in [4.69, 9.17) is 20.3 Å². The van der Waals surface area contributed by atoms with Gasteiger partial charge in [-0.05, 0) is 42.3 Å². The molecule has 0 saturated heterocycles. The van der Waals surface area contributed by atoms with Crippen LogP contribution in [0.3, 0.4) is 0 Å². The molecule has 0 atom stereocenters. The van der Waals surface area contributed by atoms with Crippen LogP contribution in [0.1, 0.15) is 11.1 Å². The molecular weight excluding hydrogens is 242 g/mol. The summed E-state index contributed by atoms with van der Waals surface area (Å²) in [5.41, 5.74) is 8.24. The van der Waals surface area contributed by atoms with Crippen molar-refractivity contribution in [1.82, 2.24) is 0 Å². The van der Waals surface area contributed by atoms with E-state index < -0.39 is 0 Å². The Morgan fingerprint density at radius 3 is 2.53 bits per heavy atom. The minimum Gasteiger partial charge on any atom is -0.493 e. The average molecular weight is 259 g/mol. The molecule has 2 rings (SSSR count). The molecular formula is C15H17NO3. The van der Waals surface area contributed by atoms with Crippen molar-refractivity contribution in [3.05, 3.63) is 47.5 Å². The average Bonchev–Trinajstić information content (AvgIpc) is 2.38. The zero-order chi connectivity index (χ0) is 13.8. The smallest absolute Gasteiger partial charge is 0.169 e. The van der Waals surface area contributed by atoms with Gasteiger partial charge in [0.15, 0.2) is 11.5 Å². The molecule has 4 heteroatoms. The molecule has 0 saturated carbocycles. The normalized spacial score (nSPS) is 10.3. The number of aliphatic hydroxyl groups excluding tert-OH is 1. The van der Waals surface area contributed by atoms with Crippen LogP contribution in [0.4, 0.5) is 5.69 Å². The van der Waals surface area contributed by atoms with Gasteiger partial charge in [0.1, 0.15) is 5.75 Å². The van der Waals surface area contributed by atoms with Gasteiger partial charge in [-0.1, -0.05) is 6.07 Å². The molecule has 3 N–H and O–H groups in total. The summed E-state index contributed by atoms with van der Waals surface area (Å²) >= 11 is 0. The summed E-state index contributed by atoms with van der Waals surface area (Å²) in [4.78, 5) is 0. The number of ether oxygens (including phenoxy) is 2. The van der Waals surface area contributed by atoms with Crippen LogP contribution in [-0.4, -0.2) is 12.2 Å². The molecule has 0 aliphatic carbocycles. The SMILES string of the molecule is COc1cc(CO)ccc1Oc1cc(C)cc(N)c1. The standard InChI is InChI=1S/C15H17NO3/c1-10-5-12(16)8-13(6-10)19-14-4-3-11(9-17)7-15(14)18-2/h3-8,17H,9,16H2,1-2H3. The number of nitrogen functional groups attached to an aromatic ring is 1. The fourth-order valence-corrected chi connectivity index (χ4v) is 1.86. The number of hydrogen-bond acceptors (Lipinski definition) is 4. The fourth-order valence-electron chi connectivity index (χ4n) is 1.86. The van der Waals surface area contributed by atoms with Crippen LogP contribution in [-0.2, 0) is 6.61 Å². The van der Waals surface area contributed by atoms with E-state index in [1.54, 1.807) is 31.4 Å². The Labute approximate surface area is 112 Å². The molecule has 4 nitrogen and oxygen atoms in total. The lowest BCUT2D eigenvalue weighted by molar-refractivity contribution is 0.280. The predicted octanol–water partition coefficient (Wildman–Crippen LogP) is 2.87. The highest BCUT2D eigenvalue weighted by molar-refractivity contribution is 5.50. The molecule has 0 amide bonds. The lowest BCUT2D eigenvalue weighted by atomic mass is 10.2. The molecule has 0 aliphatic rings. The Kier molecular flexibility index (Phi) is 3.92. The van der Waals surface area contributed by atoms with E-state index in [9.17, 15) is 0 Å². The Hall–Kier alpha value is -2.20. The van der Waals surface area contributed by atoms with Crippen LogP contribution in [0.5, 0.6) is 17.2 Å². The van der Waals surface area contributed by atoms with Gasteiger partial charge in [-0.25, -0.2) is 0 Å². The van der Waals surface area contributed by atoms with Gasteiger partial charge in [0.05, 0.1) is 13.7 Å². The third-order valence-electron chi connectivity index (χ3n) is 2.71. The summed E-state index contributed by atoms with van der Waals surface area (Å²) < 4.78 is 11.0. The van der Waals surface area contributed by atoms with Crippen molar-refractivity contribution in [3.8, 4) is 17.2 Å². The first-order valence-corrected chi connectivity index (χ1v) is 5.95. The lowest BCUT2D eigenvalue weighted by Crippen LogP contribution is -1.94. The Morgan fingerprint density at radius 2 is 1.89 bits per heavy atom. The maximum absolute atomic E-state index is 9.10. The molecule has 0 spiro atoms. The maximum atomic E-state index is 9.10. The van der Waals surface area contributed by atoms with Crippen LogP contribution in [0.25, 0.3) is 0 Å². The second-order valence-electron chi connectivity index (χ2n) is 4.32. The van der Waals surface area contributed by atoms with Crippen molar-refractivity contribution in [3.63, 3.8) is 0 Å². The van der Waals surface area contributed by atoms with Crippen molar-refractivity contribution in [2.75, 3.05) is 12.8 Å². The number of aliphatic hydroxyl groups is 1. The second-order valence-corrected chi connectivity index (χ2v) is 4.32. The first-order valence-electron chi connectivity index (χ1n) is 5.95. The summed E-state index contributed by atoms with van der Waals surface area (Å²) in [6.07, 6.45) is 0. The molecule has 0 heterocycles. The number of nitrogens with two attached hydrogens (primary N) is 1. The van der Waals surface area contributed by atoms with E-state index in [0.29, 0.717) is 22.9 Å². The van der Waals surface area contributed by atoms with E-state index in [2.05, 4.69) is 0 Å². The maximum Gasteiger partial charge on any atom is 0.169 e. The highest BCUT2D eigenvalue weighted by Gasteiger charge is 2.07. The van der Waals surface area contributed by atoms with Gasteiger partial charge in [0.2, 0.25) is 0 Å². The molecule has 2 aromatic rings. The molecule has 100 valence electrons. The molecule has 0 radical (unpaired) electrons. The predicted molar refractivity (Wildman–Crippen MR) is 74.6 cm³/mol. The van der Waals surface area contributed by atoms with Gasteiger partial charge in [0.25, 0.3) is 0 Å². The van der Waals surface area contributed by atoms with Crippen molar-refractivity contribution < 1.29 is 14.6 Å². The topological polar surface area (TPSA) is 64.7 Å². The monoisotopic (exact) mass is 259 g/mol. The number of methoxy groups -OCH3 is 1. The van der Waals surface area contributed by atoms with Crippen molar-refractivity contribution in [2.45, 2.75) is 13.5 Å². The number of anilines is 1. The van der Waals surface area contributed by atoms with Gasteiger partial charge >= 0.3 is 0 Å². The fraction of sp³-hybridized carbons (Fsp3) is 0.200. The van der Waals surface area contributed by atoms with Gasteiger partial charge in [-0.2, -0.15) is 0 Å². The minimum absolute atomic E-state index is 0.0337. The van der Waals surface area contributed by atoms with E-state index in [1.807, 2.05) is 19.1 Å². The van der Waals surface area contributed by atoms with E-state index >= 15 is 0 Å². The number of aryl methyl sites for hydroxylation is 1. The summed E-state index contributed by atoms with van der Waals surface area (Å²) in [5.74, 6) is 1.82. The summed E-state index contributed by atoms with van der Waals surface area (Å²) in [6.45, 7) is 1.92. The van der Waals surface area contributed by atoms with E-state index in [1.165, 1.54) is 0 Å². The third-order valence-corrected chi connectivity index (χ3v) is 2.71. The Bertz CT molecular complexity index is 561. The van der Waals surface area contributed by atoms with Gasteiger partial charge < -0.3 is 20.3 Å². The quantitative estimate of drug-likeness (QED) is 0.829. The second kappa shape index (κ2) is 5.63. The number of hydrogen-bond donors (Lipinski definition) is 2. The van der Waals surface area contributed by atoms with E-state index in [-0.39, 0.29) is 6.61 Å². The summed E-state index contributed by atoms with van der Waals surface area (Å²) in [7, 11) is 1.56. The summed E-state index contributed by atoms with van der Waals surface area (Å²) in [5, 5.41) is 9.10. The van der Waals surface area contributed by atoms with Crippen LogP contribution in [0.15, 0.2) is 36.4 Å². The van der Waals surface area contributed by atoms with Gasteiger partial charge in [-0.3, -0.25) is 0 Å². The van der Waals surface area contributed by atoms with Gasteiger partial charge in [-0.15, -0.1) is 0 Å². The van der Waals surface area contributed by atoms with Crippen LogP contribution < -0.4 is 15.2 Å². The highest BCUT2D eigenvalue weighted by atomic mass is 16.5. The zero-order valence-corrected chi connectivity index (χ0v) is 11.0. The first-order chi connectivity index (χ1) is 9.12. The number of benzene rings is 2. The minimum atomic E-state index is -0.0337. The number of rotatable bonds is 4.